The predicted octanol–water partition coefficient (Wildman–Crippen LogP) is 0.462. The van der Waals surface area contributed by atoms with Crippen LogP contribution in [0, 0.1) is 5.41 Å². The van der Waals surface area contributed by atoms with Gasteiger partial charge < -0.3 is 15.5 Å². The second kappa shape index (κ2) is 4.10. The third kappa shape index (κ3) is 1.97. The van der Waals surface area contributed by atoms with Gasteiger partial charge in [0.05, 0.1) is 12.7 Å². The first-order valence-electron chi connectivity index (χ1n) is 3.30. The molecule has 0 bridgehead atoms. The molecule has 0 radical (unpaired) electrons. The zero-order valence-corrected chi connectivity index (χ0v) is 7.30. The first-order valence-corrected chi connectivity index (χ1v) is 4.24. The highest BCUT2D eigenvalue weighted by Gasteiger charge is 2.24. The van der Waals surface area contributed by atoms with Crippen LogP contribution in [0.2, 0.25) is 0 Å². The lowest BCUT2D eigenvalue weighted by molar-refractivity contribution is 0.170. The Bertz CT molecular complexity index is 219. The maximum atomic E-state index is 10.8. The zero-order chi connectivity index (χ0) is 8.97. The molecule has 12 heavy (non-hydrogen) atoms. The lowest BCUT2D eigenvalue weighted by Crippen LogP contribution is -2.38. The van der Waals surface area contributed by atoms with Gasteiger partial charge in [-0.25, -0.2) is 4.79 Å². The van der Waals surface area contributed by atoms with Crippen LogP contribution in [0.3, 0.4) is 0 Å². The molecule has 6 heteroatoms. The number of amides is 1. The third-order valence-electron chi connectivity index (χ3n) is 1.37. The van der Waals surface area contributed by atoms with Gasteiger partial charge in [0.1, 0.15) is 11.4 Å². The average molecular weight is 187 g/mol. The first kappa shape index (κ1) is 9.05. The maximum absolute atomic E-state index is 10.8. The van der Waals surface area contributed by atoms with E-state index in [1.54, 1.807) is 5.55 Å². The highest BCUT2D eigenvalue weighted by Crippen LogP contribution is 2.17. The van der Waals surface area contributed by atoms with Crippen LogP contribution in [-0.2, 0) is 4.74 Å². The second-order valence-corrected chi connectivity index (χ2v) is 3.10. The van der Waals surface area contributed by atoms with Crippen molar-refractivity contribution >= 4 is 29.6 Å². The van der Waals surface area contributed by atoms with Crippen LogP contribution < -0.4 is 5.32 Å². The van der Waals surface area contributed by atoms with Gasteiger partial charge in [0.2, 0.25) is 0 Å². The standard InChI is InChI=1S/C6H9N3O2S/c1-11-6(10)9-5-4(2-7)8-3-12-5/h2-5,7H,1H3,(H,9,10). The van der Waals surface area contributed by atoms with Crippen molar-refractivity contribution in [3.63, 3.8) is 0 Å². The summed E-state index contributed by atoms with van der Waals surface area (Å²) in [5.74, 6) is 0. The molecule has 2 N–H and O–H groups in total. The largest absolute Gasteiger partial charge is 0.453 e. The van der Waals surface area contributed by atoms with Gasteiger partial charge in [0, 0.05) is 6.21 Å². The summed E-state index contributed by atoms with van der Waals surface area (Å²) in [6.45, 7) is 0. The number of hydrogen-bond acceptors (Lipinski definition) is 5. The van der Waals surface area contributed by atoms with E-state index in [2.05, 4.69) is 15.0 Å². The fourth-order valence-corrected chi connectivity index (χ4v) is 1.57. The zero-order valence-electron chi connectivity index (χ0n) is 6.48. The molecule has 0 fully saturated rings. The number of nitrogens with zero attached hydrogens (tertiary/aromatic N) is 1. The van der Waals surface area contributed by atoms with Gasteiger partial charge in [-0.05, 0) is 0 Å². The molecule has 1 heterocycles. The van der Waals surface area contributed by atoms with Crippen LogP contribution in [0.5, 0.6) is 0 Å². The number of carbonyl (C=O) groups is 1. The van der Waals surface area contributed by atoms with Crippen molar-refractivity contribution in [1.29, 1.82) is 5.41 Å². The molecule has 0 aromatic rings. The Morgan fingerprint density at radius 2 is 2.67 bits per heavy atom. The minimum Gasteiger partial charge on any atom is -0.453 e. The van der Waals surface area contributed by atoms with E-state index in [1.807, 2.05) is 0 Å². The SMILES string of the molecule is COC(=O)NC1SC=NC1C=N. The van der Waals surface area contributed by atoms with Gasteiger partial charge in [0.25, 0.3) is 0 Å². The van der Waals surface area contributed by atoms with Gasteiger partial charge in [-0.1, -0.05) is 11.8 Å². The van der Waals surface area contributed by atoms with Crippen molar-refractivity contribution in [2.75, 3.05) is 7.11 Å². The van der Waals surface area contributed by atoms with Crippen molar-refractivity contribution < 1.29 is 9.53 Å². The van der Waals surface area contributed by atoms with Gasteiger partial charge >= 0.3 is 6.09 Å². The molecule has 2 unspecified atom stereocenters. The maximum Gasteiger partial charge on any atom is 0.407 e. The first-order chi connectivity index (χ1) is 5.77. The Morgan fingerprint density at radius 1 is 1.92 bits per heavy atom. The summed E-state index contributed by atoms with van der Waals surface area (Å²) in [6, 6.07) is -0.269. The molecule has 0 saturated heterocycles. The topological polar surface area (TPSA) is 74.5 Å². The van der Waals surface area contributed by atoms with Gasteiger partial charge in [-0.15, -0.1) is 0 Å². The van der Waals surface area contributed by atoms with E-state index in [0.29, 0.717) is 0 Å². The summed E-state index contributed by atoms with van der Waals surface area (Å²) < 4.78 is 4.41. The Balaban J connectivity index is 2.43. The van der Waals surface area contributed by atoms with E-state index in [-0.39, 0.29) is 11.4 Å². The minimum atomic E-state index is -0.496. The highest BCUT2D eigenvalue weighted by molar-refractivity contribution is 8.12. The lowest BCUT2D eigenvalue weighted by atomic mass is 10.3. The number of thioether (sulfide) groups is 1. The number of nitrogens with one attached hydrogen (secondary N) is 2. The van der Waals surface area contributed by atoms with E-state index in [4.69, 9.17) is 5.41 Å². The van der Waals surface area contributed by atoms with E-state index >= 15 is 0 Å². The molecular weight excluding hydrogens is 178 g/mol. The minimum absolute atomic E-state index is 0.199. The highest BCUT2D eigenvalue weighted by atomic mass is 32.2. The number of ether oxygens (including phenoxy) is 1. The van der Waals surface area contributed by atoms with Crippen molar-refractivity contribution in [3.8, 4) is 0 Å². The monoisotopic (exact) mass is 187 g/mol. The quantitative estimate of drug-likeness (QED) is 0.617. The fourth-order valence-electron chi connectivity index (χ4n) is 0.755. The average Bonchev–Trinajstić information content (AvgIpc) is 2.51. The number of aliphatic imine (C=N–C) groups is 1. The molecule has 1 rings (SSSR count). The molecule has 2 atom stereocenters. The summed E-state index contributed by atoms with van der Waals surface area (Å²) in [6.07, 6.45) is 0.696. The third-order valence-corrected chi connectivity index (χ3v) is 2.30. The molecule has 0 aromatic heterocycles. The molecule has 1 aliphatic heterocycles. The molecule has 0 spiro atoms. The Morgan fingerprint density at radius 3 is 3.25 bits per heavy atom. The Labute approximate surface area is 74.1 Å². The van der Waals surface area contributed by atoms with Crippen LogP contribution >= 0.6 is 11.8 Å². The number of methoxy groups -OCH3 is 1. The summed E-state index contributed by atoms with van der Waals surface area (Å²) >= 11 is 1.36. The van der Waals surface area contributed by atoms with E-state index < -0.39 is 6.09 Å². The normalized spacial score (nSPS) is 26.8. The van der Waals surface area contributed by atoms with Crippen molar-refractivity contribution in [3.05, 3.63) is 0 Å². The van der Waals surface area contributed by atoms with E-state index in [9.17, 15) is 4.79 Å². The smallest absolute Gasteiger partial charge is 0.407 e. The summed E-state index contributed by atoms with van der Waals surface area (Å²) in [7, 11) is 1.30. The van der Waals surface area contributed by atoms with Crippen molar-refractivity contribution in [1.82, 2.24) is 5.32 Å². The van der Waals surface area contributed by atoms with Crippen molar-refractivity contribution in [2.24, 2.45) is 4.99 Å². The molecule has 0 saturated carbocycles. The fraction of sp³-hybridized carbons (Fsp3) is 0.500. The van der Waals surface area contributed by atoms with Gasteiger partial charge in [-0.3, -0.25) is 4.99 Å². The summed E-state index contributed by atoms with van der Waals surface area (Å²) in [5.41, 5.74) is 1.62. The number of rotatable bonds is 2. The number of carbonyl (C=O) groups excluding carboxylic acids is 1. The van der Waals surface area contributed by atoms with Crippen LogP contribution in [0.1, 0.15) is 0 Å². The Hall–Kier alpha value is -1.04. The molecule has 0 aromatic carbocycles. The predicted molar refractivity (Wildman–Crippen MR) is 48.0 cm³/mol. The van der Waals surface area contributed by atoms with E-state index in [1.165, 1.54) is 25.1 Å². The van der Waals surface area contributed by atoms with Gasteiger partial charge in [-0.2, -0.15) is 0 Å². The molecule has 0 aliphatic carbocycles. The lowest BCUT2D eigenvalue weighted by Gasteiger charge is -2.13. The molecule has 66 valence electrons. The number of alkyl carbamates (subject to hydrolysis) is 1. The van der Waals surface area contributed by atoms with Crippen LogP contribution in [0.15, 0.2) is 4.99 Å². The summed E-state index contributed by atoms with van der Waals surface area (Å²) in [4.78, 5) is 14.7. The van der Waals surface area contributed by atoms with E-state index in [0.717, 1.165) is 0 Å². The van der Waals surface area contributed by atoms with Crippen molar-refractivity contribution in [2.45, 2.75) is 11.4 Å². The molecular formula is C6H9N3O2S. The van der Waals surface area contributed by atoms with Gasteiger partial charge in [0.15, 0.2) is 0 Å². The summed E-state index contributed by atoms with van der Waals surface area (Å²) in [5, 5.41) is 9.34. The van der Waals surface area contributed by atoms with Crippen LogP contribution in [0.4, 0.5) is 4.79 Å². The molecule has 1 aliphatic rings. The second-order valence-electron chi connectivity index (χ2n) is 2.10. The molecule has 1 amide bonds. The van der Waals surface area contributed by atoms with Crippen LogP contribution in [0.25, 0.3) is 0 Å². The number of hydrogen-bond donors (Lipinski definition) is 2. The molecule has 5 nitrogen and oxygen atoms in total. The van der Waals surface area contributed by atoms with Crippen LogP contribution in [-0.4, -0.2) is 36.4 Å². The Kier molecular flexibility index (Phi) is 3.09.